The summed E-state index contributed by atoms with van der Waals surface area (Å²) in [5.74, 6) is 0. The molecule has 2 spiro atoms. The van der Waals surface area contributed by atoms with Crippen molar-refractivity contribution >= 4 is 80.9 Å². The van der Waals surface area contributed by atoms with E-state index in [1.54, 1.807) is 0 Å². The van der Waals surface area contributed by atoms with E-state index in [-0.39, 0.29) is 5.41 Å². The number of rotatable bonds is 4. The van der Waals surface area contributed by atoms with Crippen molar-refractivity contribution in [1.82, 2.24) is 0 Å². The Balaban J connectivity index is 1.02. The lowest BCUT2D eigenvalue weighted by molar-refractivity contribution is 0.353. The van der Waals surface area contributed by atoms with Gasteiger partial charge in [0.25, 0.3) is 0 Å². The second-order valence-corrected chi connectivity index (χ2v) is 22.8. The molecule has 0 radical (unpaired) electrons. The number of anilines is 3. The topological polar surface area (TPSA) is 3.24 Å². The van der Waals surface area contributed by atoms with E-state index in [2.05, 4.69) is 241 Å². The van der Waals surface area contributed by atoms with Gasteiger partial charge in [-0.2, -0.15) is 0 Å². The molecule has 4 aliphatic rings. The zero-order valence-electron chi connectivity index (χ0n) is 41.4. The van der Waals surface area contributed by atoms with Crippen molar-refractivity contribution in [3.05, 3.63) is 270 Å². The van der Waals surface area contributed by atoms with Gasteiger partial charge in [-0.25, -0.2) is 0 Å². The van der Waals surface area contributed by atoms with E-state index in [9.17, 15) is 0 Å². The number of benzene rings is 12. The highest BCUT2D eigenvalue weighted by atomic mass is 32.1. The first kappa shape index (κ1) is 41.9. The van der Waals surface area contributed by atoms with Gasteiger partial charge in [0, 0.05) is 42.5 Å². The number of hydrogen-bond acceptors (Lipinski definition) is 2. The molecule has 352 valence electrons. The summed E-state index contributed by atoms with van der Waals surface area (Å²) in [6, 6.07) is 91.4. The van der Waals surface area contributed by atoms with Crippen molar-refractivity contribution in [3.63, 3.8) is 0 Å². The molecule has 0 saturated heterocycles. The molecule has 0 unspecified atom stereocenters. The minimum Gasteiger partial charge on any atom is -0.310 e. The van der Waals surface area contributed by atoms with Crippen molar-refractivity contribution in [2.45, 2.75) is 42.9 Å². The molecule has 1 aromatic heterocycles. The smallest absolute Gasteiger partial charge is 0.0726 e. The van der Waals surface area contributed by atoms with Gasteiger partial charge in [0.05, 0.1) is 11.1 Å². The molecular formula is C73H49NS. The van der Waals surface area contributed by atoms with Crippen LogP contribution >= 0.6 is 11.3 Å². The fourth-order valence-corrected chi connectivity index (χ4v) is 16.3. The fraction of sp³-hybridized carbons (Fsp3) is 0.0959. The summed E-state index contributed by atoms with van der Waals surface area (Å²) >= 11 is 1.89. The third-order valence-electron chi connectivity index (χ3n) is 18.2. The predicted octanol–water partition coefficient (Wildman–Crippen LogP) is 20.2. The van der Waals surface area contributed by atoms with Crippen molar-refractivity contribution in [2.24, 2.45) is 0 Å². The van der Waals surface area contributed by atoms with Gasteiger partial charge in [-0.3, -0.25) is 0 Å². The highest BCUT2D eigenvalue weighted by Crippen LogP contribution is 2.65. The summed E-state index contributed by atoms with van der Waals surface area (Å²) in [5, 5.41) is 10.3. The predicted molar refractivity (Wildman–Crippen MR) is 318 cm³/mol. The van der Waals surface area contributed by atoms with Gasteiger partial charge in [-0.15, -0.1) is 11.3 Å². The standard InChI is InChI=1S/C73H49NS/c1-16-38-72(39-17-1)63-27-11-6-22-53(63)57-36-34-47(42-67(57)72)74(46-33-35-52-50-20-3-2-18-48(50)49-19-4-5-21-51(49)60(52)41-46)69-44-68-61(43-59(69)45-32-37-71-62(40-45)58-26-10-15-31-70(58)75-71)56-25-9-14-30-66(56)73(68)64-28-12-7-23-54(64)55-24-8-13-29-65(55)73/h2-15,18-37,40-44H,1,16-17,38-39H2. The highest BCUT2D eigenvalue weighted by Gasteiger charge is 2.52. The second-order valence-electron chi connectivity index (χ2n) is 21.7. The quantitative estimate of drug-likeness (QED) is 0.159. The summed E-state index contributed by atoms with van der Waals surface area (Å²) in [6.07, 6.45) is 6.13. The first-order chi connectivity index (χ1) is 37.2. The van der Waals surface area contributed by atoms with Crippen LogP contribution in [-0.2, 0) is 10.8 Å². The first-order valence-electron chi connectivity index (χ1n) is 26.9. The molecule has 0 bridgehead atoms. The van der Waals surface area contributed by atoms with E-state index in [1.807, 2.05) is 11.3 Å². The summed E-state index contributed by atoms with van der Waals surface area (Å²) in [7, 11) is 0. The normalized spacial score (nSPS) is 15.1. The number of nitrogens with zero attached hydrogens (tertiary/aromatic N) is 1. The Labute approximate surface area is 440 Å². The third-order valence-corrected chi connectivity index (χ3v) is 19.4. The van der Waals surface area contributed by atoms with Crippen molar-refractivity contribution in [1.29, 1.82) is 0 Å². The van der Waals surface area contributed by atoms with Crippen LogP contribution in [0.1, 0.15) is 65.5 Å². The lowest BCUT2D eigenvalue weighted by Crippen LogP contribution is -2.28. The molecule has 1 saturated carbocycles. The average Bonchev–Trinajstić information content (AvgIpc) is 4.34. The van der Waals surface area contributed by atoms with Gasteiger partial charge in [-0.05, 0) is 172 Å². The van der Waals surface area contributed by atoms with Crippen molar-refractivity contribution in [3.8, 4) is 44.5 Å². The first-order valence-corrected chi connectivity index (χ1v) is 27.8. The van der Waals surface area contributed by atoms with Gasteiger partial charge in [0.15, 0.2) is 0 Å². The SMILES string of the molecule is c1ccc2c(c1)-c1ccc(N(c3ccc4c5ccccc5c5ccccc5c4c3)c3cc4c(cc3-c3ccc5sc6ccccc6c5c3)-c3ccccc3C43c4ccccc4-c4ccccc43)cc1C21CCCCC1. The Hall–Kier alpha value is -8.56. The summed E-state index contributed by atoms with van der Waals surface area (Å²) in [4.78, 5) is 2.66. The van der Waals surface area contributed by atoms with Crippen molar-refractivity contribution in [2.75, 3.05) is 4.90 Å². The van der Waals surface area contributed by atoms with Crippen LogP contribution in [0.5, 0.6) is 0 Å². The van der Waals surface area contributed by atoms with Crippen LogP contribution in [0.2, 0.25) is 0 Å². The van der Waals surface area contributed by atoms with Crippen LogP contribution in [0.3, 0.4) is 0 Å². The molecule has 13 aromatic rings. The van der Waals surface area contributed by atoms with Crippen LogP contribution in [0.25, 0.3) is 97.0 Å². The molecule has 1 heterocycles. The lowest BCUT2D eigenvalue weighted by Gasteiger charge is -2.37. The lowest BCUT2D eigenvalue weighted by atomic mass is 9.68. The molecule has 75 heavy (non-hydrogen) atoms. The van der Waals surface area contributed by atoms with E-state index in [1.165, 1.54) is 174 Å². The van der Waals surface area contributed by atoms with E-state index in [0.717, 1.165) is 5.69 Å². The Kier molecular flexibility index (Phi) is 8.65. The van der Waals surface area contributed by atoms with Crippen LogP contribution in [0, 0.1) is 0 Å². The zero-order chi connectivity index (χ0) is 49.0. The van der Waals surface area contributed by atoms with E-state index >= 15 is 0 Å². The monoisotopic (exact) mass is 971 g/mol. The molecule has 0 N–H and O–H groups in total. The maximum Gasteiger partial charge on any atom is 0.0726 e. The molecule has 17 rings (SSSR count). The maximum absolute atomic E-state index is 2.66. The molecular weight excluding hydrogens is 923 g/mol. The molecule has 0 amide bonds. The molecule has 2 heteroatoms. The molecule has 0 aliphatic heterocycles. The fourth-order valence-electron chi connectivity index (χ4n) is 15.2. The van der Waals surface area contributed by atoms with Gasteiger partial charge >= 0.3 is 0 Å². The Bertz CT molecular complexity index is 4520. The summed E-state index contributed by atoms with van der Waals surface area (Å²) in [5.41, 5.74) is 21.9. The van der Waals surface area contributed by atoms with Gasteiger partial charge in [-0.1, -0.05) is 201 Å². The van der Waals surface area contributed by atoms with Crippen molar-refractivity contribution < 1.29 is 0 Å². The average molecular weight is 972 g/mol. The number of hydrogen-bond donors (Lipinski definition) is 0. The van der Waals surface area contributed by atoms with Crippen LogP contribution < -0.4 is 4.90 Å². The molecule has 1 fully saturated rings. The summed E-state index contributed by atoms with van der Waals surface area (Å²) in [6.45, 7) is 0. The Morgan fingerprint density at radius 1 is 0.293 bits per heavy atom. The molecule has 0 atom stereocenters. The number of fused-ring (bicyclic) bond motifs is 24. The zero-order valence-corrected chi connectivity index (χ0v) is 42.2. The minimum atomic E-state index is -0.518. The summed E-state index contributed by atoms with van der Waals surface area (Å²) < 4.78 is 2.63. The van der Waals surface area contributed by atoms with Crippen LogP contribution in [-0.4, -0.2) is 0 Å². The van der Waals surface area contributed by atoms with Gasteiger partial charge < -0.3 is 4.90 Å². The maximum atomic E-state index is 2.66. The van der Waals surface area contributed by atoms with Crippen LogP contribution in [0.4, 0.5) is 17.1 Å². The van der Waals surface area contributed by atoms with E-state index in [0.29, 0.717) is 0 Å². The molecule has 4 aliphatic carbocycles. The number of thiophene rings is 1. The third kappa shape index (κ3) is 5.57. The van der Waals surface area contributed by atoms with Crippen LogP contribution in [0.15, 0.2) is 237 Å². The molecule has 12 aromatic carbocycles. The minimum absolute atomic E-state index is 0.0147. The van der Waals surface area contributed by atoms with Gasteiger partial charge in [0.1, 0.15) is 0 Å². The van der Waals surface area contributed by atoms with E-state index < -0.39 is 5.41 Å². The second kappa shape index (κ2) is 15.5. The Morgan fingerprint density at radius 3 is 1.45 bits per heavy atom. The van der Waals surface area contributed by atoms with E-state index in [4.69, 9.17) is 0 Å². The molecule has 1 nitrogen and oxygen atoms in total. The Morgan fingerprint density at radius 2 is 0.787 bits per heavy atom. The largest absolute Gasteiger partial charge is 0.310 e. The van der Waals surface area contributed by atoms with Gasteiger partial charge in [0.2, 0.25) is 0 Å². The highest BCUT2D eigenvalue weighted by molar-refractivity contribution is 7.25.